The van der Waals surface area contributed by atoms with Crippen molar-refractivity contribution in [1.29, 1.82) is 0 Å². The smallest absolute Gasteiger partial charge is 0.0516 e. The van der Waals surface area contributed by atoms with Crippen LogP contribution in [-0.2, 0) is 0 Å². The summed E-state index contributed by atoms with van der Waals surface area (Å²) < 4.78 is 0. The van der Waals surface area contributed by atoms with Gasteiger partial charge in [0.05, 0.1) is 6.04 Å². The van der Waals surface area contributed by atoms with Crippen molar-refractivity contribution in [2.45, 2.75) is 45.1 Å². The molecule has 0 saturated heterocycles. The van der Waals surface area contributed by atoms with E-state index in [-0.39, 0.29) is 6.04 Å². The van der Waals surface area contributed by atoms with E-state index >= 15 is 0 Å². The Morgan fingerprint density at radius 3 is 2.45 bits per heavy atom. The molecule has 2 nitrogen and oxygen atoms in total. The van der Waals surface area contributed by atoms with Crippen LogP contribution in [0.15, 0.2) is 42.5 Å². The summed E-state index contributed by atoms with van der Waals surface area (Å²) in [7, 11) is 0. The van der Waals surface area contributed by atoms with E-state index in [0.717, 1.165) is 0 Å². The second-order valence-corrected chi connectivity index (χ2v) is 6.13. The van der Waals surface area contributed by atoms with Crippen LogP contribution in [-0.4, -0.2) is 0 Å². The van der Waals surface area contributed by atoms with E-state index in [2.05, 4.69) is 54.8 Å². The van der Waals surface area contributed by atoms with Crippen molar-refractivity contribution >= 4 is 10.8 Å². The molecular weight excluding hydrogens is 244 g/mol. The lowest BCUT2D eigenvalue weighted by molar-refractivity contribution is 0.188. The first-order valence-electron chi connectivity index (χ1n) is 7.74. The van der Waals surface area contributed by atoms with E-state index in [9.17, 15) is 0 Å². The summed E-state index contributed by atoms with van der Waals surface area (Å²) in [4.78, 5) is 0. The van der Waals surface area contributed by atoms with E-state index in [1.54, 1.807) is 0 Å². The molecule has 0 aromatic heterocycles. The molecule has 1 saturated carbocycles. The second-order valence-electron chi connectivity index (χ2n) is 6.13. The van der Waals surface area contributed by atoms with Gasteiger partial charge in [0.15, 0.2) is 0 Å². The van der Waals surface area contributed by atoms with Gasteiger partial charge >= 0.3 is 0 Å². The number of hydrogen-bond donors (Lipinski definition) is 2. The number of hydrazine groups is 1. The average molecular weight is 268 g/mol. The van der Waals surface area contributed by atoms with Crippen molar-refractivity contribution in [1.82, 2.24) is 5.43 Å². The highest BCUT2D eigenvalue weighted by molar-refractivity contribution is 5.83. The van der Waals surface area contributed by atoms with Gasteiger partial charge in [-0.2, -0.15) is 0 Å². The first-order chi connectivity index (χ1) is 9.79. The summed E-state index contributed by atoms with van der Waals surface area (Å²) in [5, 5.41) is 2.60. The summed E-state index contributed by atoms with van der Waals surface area (Å²) in [6.07, 6.45) is 6.42. The minimum Gasteiger partial charge on any atom is -0.271 e. The first-order valence-corrected chi connectivity index (χ1v) is 7.74. The fourth-order valence-electron chi connectivity index (χ4n) is 3.94. The molecule has 20 heavy (non-hydrogen) atoms. The molecule has 3 rings (SSSR count). The van der Waals surface area contributed by atoms with Crippen LogP contribution in [0.5, 0.6) is 0 Å². The maximum absolute atomic E-state index is 5.94. The largest absolute Gasteiger partial charge is 0.271 e. The maximum Gasteiger partial charge on any atom is 0.0516 e. The number of nitrogens with two attached hydrogens (primary N) is 1. The van der Waals surface area contributed by atoms with Crippen LogP contribution in [0.4, 0.5) is 0 Å². The van der Waals surface area contributed by atoms with E-state index < -0.39 is 0 Å². The van der Waals surface area contributed by atoms with E-state index in [1.165, 1.54) is 48.4 Å². The van der Waals surface area contributed by atoms with Gasteiger partial charge in [-0.05, 0) is 47.1 Å². The van der Waals surface area contributed by atoms with Crippen LogP contribution in [0.2, 0.25) is 0 Å². The Kier molecular flexibility index (Phi) is 3.77. The van der Waals surface area contributed by atoms with E-state index in [4.69, 9.17) is 5.84 Å². The van der Waals surface area contributed by atoms with Gasteiger partial charge in [0.2, 0.25) is 0 Å². The summed E-state index contributed by atoms with van der Waals surface area (Å²) in [5.41, 5.74) is 4.78. The topological polar surface area (TPSA) is 38.0 Å². The highest BCUT2D eigenvalue weighted by Crippen LogP contribution is 2.49. The molecule has 1 aliphatic carbocycles. The number of hydrogen-bond acceptors (Lipinski definition) is 2. The van der Waals surface area contributed by atoms with Crippen LogP contribution in [0.3, 0.4) is 0 Å². The maximum atomic E-state index is 5.94. The molecule has 0 radical (unpaired) electrons. The molecule has 0 amide bonds. The number of benzene rings is 2. The van der Waals surface area contributed by atoms with Crippen LogP contribution in [0, 0.1) is 5.41 Å². The third-order valence-electron chi connectivity index (χ3n) is 5.19. The minimum atomic E-state index is 0.264. The Morgan fingerprint density at radius 1 is 1.10 bits per heavy atom. The Bertz CT molecular complexity index is 585. The lowest BCUT2D eigenvalue weighted by atomic mass is 9.73. The molecule has 1 unspecified atom stereocenters. The molecule has 106 valence electrons. The summed E-state index contributed by atoms with van der Waals surface area (Å²) in [6.45, 7) is 2.30. The molecule has 1 aliphatic rings. The van der Waals surface area contributed by atoms with Crippen molar-refractivity contribution in [2.75, 3.05) is 0 Å². The fourth-order valence-corrected chi connectivity index (χ4v) is 3.94. The second kappa shape index (κ2) is 5.55. The minimum absolute atomic E-state index is 0.264. The average Bonchev–Trinajstić information content (AvgIpc) is 2.98. The molecule has 2 heteroatoms. The number of nitrogens with one attached hydrogen (secondary N) is 1. The van der Waals surface area contributed by atoms with Gasteiger partial charge in [0, 0.05) is 0 Å². The Morgan fingerprint density at radius 2 is 1.80 bits per heavy atom. The zero-order valence-electron chi connectivity index (χ0n) is 12.2. The van der Waals surface area contributed by atoms with Crippen LogP contribution in [0.25, 0.3) is 10.8 Å². The van der Waals surface area contributed by atoms with Gasteiger partial charge in [0.25, 0.3) is 0 Å². The zero-order chi connectivity index (χ0) is 14.0. The highest BCUT2D eigenvalue weighted by atomic mass is 15.2. The third kappa shape index (κ3) is 2.23. The van der Waals surface area contributed by atoms with Crippen molar-refractivity contribution < 1.29 is 0 Å². The Balaban J connectivity index is 2.02. The summed E-state index contributed by atoms with van der Waals surface area (Å²) in [5.74, 6) is 5.94. The highest BCUT2D eigenvalue weighted by Gasteiger charge is 2.40. The molecule has 0 aliphatic heterocycles. The number of fused-ring (bicyclic) bond motifs is 1. The van der Waals surface area contributed by atoms with Crippen molar-refractivity contribution in [3.63, 3.8) is 0 Å². The van der Waals surface area contributed by atoms with Gasteiger partial charge in [-0.3, -0.25) is 11.3 Å². The monoisotopic (exact) mass is 268 g/mol. The molecule has 3 N–H and O–H groups in total. The SMILES string of the molecule is CCC1(C(NN)c2ccc3ccccc3c2)CCCC1. The normalized spacial score (nSPS) is 19.3. The predicted molar refractivity (Wildman–Crippen MR) is 85.2 cm³/mol. The molecule has 2 aromatic carbocycles. The van der Waals surface area contributed by atoms with Gasteiger partial charge in [-0.25, -0.2) is 0 Å². The van der Waals surface area contributed by atoms with Crippen LogP contribution in [0.1, 0.15) is 50.6 Å². The third-order valence-corrected chi connectivity index (χ3v) is 5.19. The van der Waals surface area contributed by atoms with Gasteiger partial charge in [-0.1, -0.05) is 56.2 Å². The quantitative estimate of drug-likeness (QED) is 0.640. The molecule has 2 aromatic rings. The Hall–Kier alpha value is -1.38. The van der Waals surface area contributed by atoms with Crippen molar-refractivity contribution in [2.24, 2.45) is 11.3 Å². The van der Waals surface area contributed by atoms with E-state index in [0.29, 0.717) is 5.41 Å². The summed E-state index contributed by atoms with van der Waals surface area (Å²) in [6, 6.07) is 15.5. The molecule has 1 atom stereocenters. The van der Waals surface area contributed by atoms with Crippen molar-refractivity contribution in [3.8, 4) is 0 Å². The van der Waals surface area contributed by atoms with E-state index in [1.807, 2.05) is 0 Å². The lowest BCUT2D eigenvalue weighted by Gasteiger charge is -2.37. The van der Waals surface area contributed by atoms with Gasteiger partial charge < -0.3 is 0 Å². The zero-order valence-corrected chi connectivity index (χ0v) is 12.2. The van der Waals surface area contributed by atoms with Crippen LogP contribution >= 0.6 is 0 Å². The first kappa shape index (κ1) is 13.6. The molecule has 0 bridgehead atoms. The molecule has 0 spiro atoms. The Labute approximate surface area is 121 Å². The molecule has 0 heterocycles. The van der Waals surface area contributed by atoms with Crippen LogP contribution < -0.4 is 11.3 Å². The van der Waals surface area contributed by atoms with Gasteiger partial charge in [0.1, 0.15) is 0 Å². The van der Waals surface area contributed by atoms with Gasteiger partial charge in [-0.15, -0.1) is 0 Å². The number of rotatable bonds is 4. The fraction of sp³-hybridized carbons (Fsp3) is 0.444. The van der Waals surface area contributed by atoms with Crippen molar-refractivity contribution in [3.05, 3.63) is 48.0 Å². The standard InChI is InChI=1S/C18H24N2/c1-2-18(11-5-6-12-18)17(20-19)16-10-9-14-7-3-4-8-15(14)13-16/h3-4,7-10,13,17,20H,2,5-6,11-12,19H2,1H3. The molecular formula is C18H24N2. The molecule has 1 fully saturated rings. The predicted octanol–water partition coefficient (Wildman–Crippen LogP) is 4.31. The lowest BCUT2D eigenvalue weighted by Crippen LogP contribution is -2.40. The summed E-state index contributed by atoms with van der Waals surface area (Å²) >= 11 is 0.